The Morgan fingerprint density at radius 3 is 2.80 bits per heavy atom. The van der Waals surface area contributed by atoms with Crippen LogP contribution in [0.15, 0.2) is 47.4 Å². The molecule has 1 atom stereocenters. The standard InChI is InChI=1S/C22H26N2O5S/c1-28-19-8-6-9-20-17(19)12-11-16(29-20)15-23-13-4-5-14-24-22(25)18-7-2-3-10-21(18)30(24,26)27/h2-3,6-10,16,23H,4-5,11-15H2,1H3. The molecule has 2 aromatic carbocycles. The summed E-state index contributed by atoms with van der Waals surface area (Å²) in [5.41, 5.74) is 1.38. The van der Waals surface area contributed by atoms with Crippen LogP contribution in [0.2, 0.25) is 0 Å². The number of ether oxygens (including phenoxy) is 2. The maximum Gasteiger partial charge on any atom is 0.269 e. The van der Waals surface area contributed by atoms with Crippen molar-refractivity contribution in [2.24, 2.45) is 0 Å². The lowest BCUT2D eigenvalue weighted by Crippen LogP contribution is -2.35. The van der Waals surface area contributed by atoms with Crippen LogP contribution in [0.5, 0.6) is 11.5 Å². The third-order valence-corrected chi connectivity index (χ3v) is 7.41. The summed E-state index contributed by atoms with van der Waals surface area (Å²) in [6, 6.07) is 12.2. The van der Waals surface area contributed by atoms with E-state index in [1.807, 2.05) is 18.2 Å². The van der Waals surface area contributed by atoms with Crippen molar-refractivity contribution >= 4 is 15.9 Å². The fraction of sp³-hybridized carbons (Fsp3) is 0.409. The van der Waals surface area contributed by atoms with E-state index in [2.05, 4.69) is 5.32 Å². The maximum absolute atomic E-state index is 12.5. The summed E-state index contributed by atoms with van der Waals surface area (Å²) in [5, 5.41) is 3.38. The summed E-state index contributed by atoms with van der Waals surface area (Å²) in [4.78, 5) is 12.5. The molecule has 2 heterocycles. The van der Waals surface area contributed by atoms with Crippen molar-refractivity contribution < 1.29 is 22.7 Å². The summed E-state index contributed by atoms with van der Waals surface area (Å²) in [6.07, 6.45) is 3.31. The first-order chi connectivity index (χ1) is 14.5. The second kappa shape index (κ2) is 8.65. The minimum absolute atomic E-state index is 0.0969. The van der Waals surface area contributed by atoms with E-state index in [4.69, 9.17) is 9.47 Å². The molecule has 0 fully saturated rings. The number of nitrogens with zero attached hydrogens (tertiary/aromatic N) is 1. The number of sulfonamides is 1. The average Bonchev–Trinajstić information content (AvgIpc) is 2.96. The summed E-state index contributed by atoms with van der Waals surface area (Å²) in [5.74, 6) is 1.32. The summed E-state index contributed by atoms with van der Waals surface area (Å²) in [6.45, 7) is 1.66. The number of amides is 1. The number of hydrogen-bond donors (Lipinski definition) is 1. The van der Waals surface area contributed by atoms with Gasteiger partial charge in [-0.15, -0.1) is 0 Å². The van der Waals surface area contributed by atoms with Crippen molar-refractivity contribution in [1.82, 2.24) is 9.62 Å². The first kappa shape index (κ1) is 20.7. The predicted octanol–water partition coefficient (Wildman–Crippen LogP) is 2.60. The van der Waals surface area contributed by atoms with Crippen molar-refractivity contribution in [3.63, 3.8) is 0 Å². The largest absolute Gasteiger partial charge is 0.496 e. The van der Waals surface area contributed by atoms with Crippen molar-refractivity contribution in [3.8, 4) is 11.5 Å². The molecule has 1 amide bonds. The molecule has 1 N–H and O–H groups in total. The van der Waals surface area contributed by atoms with Gasteiger partial charge < -0.3 is 14.8 Å². The van der Waals surface area contributed by atoms with E-state index in [1.165, 1.54) is 6.07 Å². The zero-order valence-electron chi connectivity index (χ0n) is 17.0. The van der Waals surface area contributed by atoms with Crippen molar-refractivity contribution in [2.45, 2.75) is 36.7 Å². The van der Waals surface area contributed by atoms with Crippen LogP contribution in [-0.2, 0) is 16.4 Å². The topological polar surface area (TPSA) is 84.9 Å². The number of nitrogens with one attached hydrogen (secondary N) is 1. The van der Waals surface area contributed by atoms with E-state index < -0.39 is 15.9 Å². The van der Waals surface area contributed by atoms with E-state index in [-0.39, 0.29) is 23.1 Å². The molecule has 0 aliphatic carbocycles. The Labute approximate surface area is 177 Å². The number of unbranched alkanes of at least 4 members (excludes halogenated alkanes) is 1. The molecule has 0 aromatic heterocycles. The Morgan fingerprint density at radius 1 is 1.17 bits per heavy atom. The maximum atomic E-state index is 12.5. The Balaban J connectivity index is 1.20. The number of fused-ring (bicyclic) bond motifs is 2. The molecule has 160 valence electrons. The number of hydrogen-bond acceptors (Lipinski definition) is 6. The molecule has 0 saturated carbocycles. The van der Waals surface area contributed by atoms with Gasteiger partial charge in [-0.2, -0.15) is 0 Å². The van der Waals surface area contributed by atoms with E-state index >= 15 is 0 Å². The van der Waals surface area contributed by atoms with Gasteiger partial charge in [0.15, 0.2) is 0 Å². The lowest BCUT2D eigenvalue weighted by molar-refractivity contribution is 0.0869. The molecule has 7 nitrogen and oxygen atoms in total. The molecule has 8 heteroatoms. The lowest BCUT2D eigenvalue weighted by Gasteiger charge is -2.27. The Kier molecular flexibility index (Phi) is 5.97. The van der Waals surface area contributed by atoms with Crippen LogP contribution in [-0.4, -0.2) is 51.5 Å². The number of benzene rings is 2. The van der Waals surface area contributed by atoms with Gasteiger partial charge in [0.05, 0.1) is 12.7 Å². The first-order valence-corrected chi connectivity index (χ1v) is 11.7. The zero-order valence-corrected chi connectivity index (χ0v) is 17.8. The highest BCUT2D eigenvalue weighted by Crippen LogP contribution is 2.34. The number of methoxy groups -OCH3 is 1. The fourth-order valence-corrected chi connectivity index (χ4v) is 5.61. The van der Waals surface area contributed by atoms with Gasteiger partial charge in [-0.1, -0.05) is 18.2 Å². The average molecular weight is 431 g/mol. The molecular weight excluding hydrogens is 404 g/mol. The van der Waals surface area contributed by atoms with E-state index in [9.17, 15) is 13.2 Å². The quantitative estimate of drug-likeness (QED) is 0.648. The minimum Gasteiger partial charge on any atom is -0.496 e. The molecule has 0 radical (unpaired) electrons. The molecule has 2 aliphatic rings. The number of rotatable bonds is 8. The molecule has 0 spiro atoms. The molecular formula is C22H26N2O5S. The molecule has 1 unspecified atom stereocenters. The van der Waals surface area contributed by atoms with Crippen LogP contribution in [0.4, 0.5) is 0 Å². The predicted molar refractivity (Wildman–Crippen MR) is 112 cm³/mol. The SMILES string of the molecule is COc1cccc2c1CCC(CNCCCCN1C(=O)c3ccccc3S1(=O)=O)O2. The Morgan fingerprint density at radius 2 is 2.00 bits per heavy atom. The first-order valence-electron chi connectivity index (χ1n) is 10.2. The van der Waals surface area contributed by atoms with Gasteiger partial charge in [0.25, 0.3) is 15.9 Å². The van der Waals surface area contributed by atoms with Gasteiger partial charge >= 0.3 is 0 Å². The highest BCUT2D eigenvalue weighted by atomic mass is 32.2. The second-order valence-corrected chi connectivity index (χ2v) is 9.34. The highest BCUT2D eigenvalue weighted by molar-refractivity contribution is 7.90. The van der Waals surface area contributed by atoms with Gasteiger partial charge in [0, 0.05) is 18.7 Å². The highest BCUT2D eigenvalue weighted by Gasteiger charge is 2.40. The third kappa shape index (κ3) is 3.89. The van der Waals surface area contributed by atoms with E-state index in [0.717, 1.165) is 53.7 Å². The van der Waals surface area contributed by atoms with Crippen molar-refractivity contribution in [2.75, 3.05) is 26.7 Å². The summed E-state index contributed by atoms with van der Waals surface area (Å²) in [7, 11) is -2.04. The molecule has 2 aliphatic heterocycles. The Bertz CT molecular complexity index is 1040. The summed E-state index contributed by atoms with van der Waals surface area (Å²) < 4.78 is 37.5. The molecule has 4 rings (SSSR count). The van der Waals surface area contributed by atoms with Gasteiger partial charge in [0.1, 0.15) is 22.5 Å². The fourth-order valence-electron chi connectivity index (χ4n) is 4.00. The van der Waals surface area contributed by atoms with Crippen molar-refractivity contribution in [3.05, 3.63) is 53.6 Å². The Hall–Kier alpha value is -2.58. The number of carbonyl (C=O) groups excluding carboxylic acids is 1. The summed E-state index contributed by atoms with van der Waals surface area (Å²) >= 11 is 0. The zero-order chi connectivity index (χ0) is 21.1. The van der Waals surface area contributed by atoms with Crippen LogP contribution >= 0.6 is 0 Å². The minimum atomic E-state index is -3.71. The molecule has 0 bridgehead atoms. The third-order valence-electron chi connectivity index (χ3n) is 5.57. The van der Waals surface area contributed by atoms with Crippen LogP contribution in [0.3, 0.4) is 0 Å². The normalized spacial score (nSPS) is 19.2. The van der Waals surface area contributed by atoms with Crippen LogP contribution in [0.25, 0.3) is 0 Å². The second-order valence-electron chi connectivity index (χ2n) is 7.51. The molecule has 0 saturated heterocycles. The van der Waals surface area contributed by atoms with Crippen LogP contribution in [0, 0.1) is 0 Å². The van der Waals surface area contributed by atoms with E-state index in [1.54, 1.807) is 25.3 Å². The van der Waals surface area contributed by atoms with Gasteiger partial charge in [-0.25, -0.2) is 12.7 Å². The van der Waals surface area contributed by atoms with Gasteiger partial charge in [0.2, 0.25) is 0 Å². The molecule has 2 aromatic rings. The monoisotopic (exact) mass is 430 g/mol. The van der Waals surface area contributed by atoms with Gasteiger partial charge in [-0.05, 0) is 56.5 Å². The van der Waals surface area contributed by atoms with Crippen LogP contribution < -0.4 is 14.8 Å². The smallest absolute Gasteiger partial charge is 0.269 e. The van der Waals surface area contributed by atoms with Crippen LogP contribution in [0.1, 0.15) is 35.2 Å². The van der Waals surface area contributed by atoms with Crippen molar-refractivity contribution in [1.29, 1.82) is 0 Å². The van der Waals surface area contributed by atoms with E-state index in [0.29, 0.717) is 6.42 Å². The molecule has 30 heavy (non-hydrogen) atoms. The lowest BCUT2D eigenvalue weighted by atomic mass is 10.0. The number of carbonyl (C=O) groups is 1. The van der Waals surface area contributed by atoms with Gasteiger partial charge in [-0.3, -0.25) is 4.79 Å².